The molecule has 0 aliphatic rings. The lowest BCUT2D eigenvalue weighted by Gasteiger charge is -2.05. The fourth-order valence-corrected chi connectivity index (χ4v) is 0.891. The molecule has 0 aliphatic carbocycles. The summed E-state index contributed by atoms with van der Waals surface area (Å²) >= 11 is 0. The number of hydrogen-bond donors (Lipinski definition) is 0. The lowest BCUT2D eigenvalue weighted by atomic mass is 10.0. The molecule has 0 fully saturated rings. The van der Waals surface area contributed by atoms with Gasteiger partial charge in [-0.3, -0.25) is 0 Å². The van der Waals surface area contributed by atoms with Crippen LogP contribution in [0.1, 0.15) is 66.5 Å². The van der Waals surface area contributed by atoms with Crippen LogP contribution in [0.5, 0.6) is 0 Å². The smallest absolute Gasteiger partial charge is 0.0100 e. The SMILES string of the molecule is C=C(C)C.C=CCc1ccc(C)cc1.CC.CC(C)(C)C. The Morgan fingerprint density at radius 3 is 1.52 bits per heavy atom. The Bertz CT molecular complexity index is 337. The van der Waals surface area contributed by atoms with Crippen molar-refractivity contribution in [3.63, 3.8) is 0 Å². The zero-order valence-electron chi connectivity index (χ0n) is 16.0. The average molecular weight is 291 g/mol. The maximum Gasteiger partial charge on any atom is -0.0100 e. The van der Waals surface area contributed by atoms with Crippen molar-refractivity contribution in [1.29, 1.82) is 0 Å². The van der Waals surface area contributed by atoms with E-state index in [4.69, 9.17) is 0 Å². The van der Waals surface area contributed by atoms with Crippen LogP contribution in [0, 0.1) is 12.3 Å². The molecule has 0 spiro atoms. The lowest BCUT2D eigenvalue weighted by Crippen LogP contribution is -1.93. The number of rotatable bonds is 2. The summed E-state index contributed by atoms with van der Waals surface area (Å²) in [5, 5.41) is 0. The molecule has 0 atom stereocenters. The first-order valence-electron chi connectivity index (χ1n) is 7.84. The van der Waals surface area contributed by atoms with Crippen molar-refractivity contribution < 1.29 is 0 Å². The molecule has 0 nitrogen and oxygen atoms in total. The van der Waals surface area contributed by atoms with E-state index in [2.05, 4.69) is 72.0 Å². The van der Waals surface area contributed by atoms with Crippen LogP contribution in [-0.4, -0.2) is 0 Å². The summed E-state index contributed by atoms with van der Waals surface area (Å²) in [7, 11) is 0. The van der Waals surface area contributed by atoms with E-state index < -0.39 is 0 Å². The largest absolute Gasteiger partial charge is 0.103 e. The van der Waals surface area contributed by atoms with Gasteiger partial charge in [-0.15, -0.1) is 13.2 Å². The van der Waals surface area contributed by atoms with Crippen LogP contribution in [0.15, 0.2) is 49.1 Å². The quantitative estimate of drug-likeness (QED) is 0.498. The van der Waals surface area contributed by atoms with E-state index >= 15 is 0 Å². The van der Waals surface area contributed by atoms with Crippen molar-refractivity contribution in [2.45, 2.75) is 68.7 Å². The van der Waals surface area contributed by atoms with Gasteiger partial charge in [0.25, 0.3) is 0 Å². The van der Waals surface area contributed by atoms with Gasteiger partial charge in [-0.2, -0.15) is 0 Å². The van der Waals surface area contributed by atoms with Gasteiger partial charge in [0.15, 0.2) is 0 Å². The minimum atomic E-state index is 0.500. The highest BCUT2D eigenvalue weighted by molar-refractivity contribution is 5.22. The minimum absolute atomic E-state index is 0.500. The Balaban J connectivity index is -0.000000250. The lowest BCUT2D eigenvalue weighted by molar-refractivity contribution is 0.469. The van der Waals surface area contributed by atoms with Crippen LogP contribution in [0.25, 0.3) is 0 Å². The van der Waals surface area contributed by atoms with Crippen molar-refractivity contribution in [3.05, 3.63) is 60.2 Å². The highest BCUT2D eigenvalue weighted by atomic mass is 14.0. The van der Waals surface area contributed by atoms with Crippen LogP contribution in [0.3, 0.4) is 0 Å². The summed E-state index contributed by atoms with van der Waals surface area (Å²) in [6.45, 7) is 26.0. The second kappa shape index (κ2) is 15.1. The van der Waals surface area contributed by atoms with Crippen LogP contribution in [0.4, 0.5) is 0 Å². The molecule has 1 rings (SSSR count). The number of aryl methyl sites for hydroxylation is 1. The molecule has 0 heterocycles. The van der Waals surface area contributed by atoms with Crippen molar-refractivity contribution >= 4 is 0 Å². The molecule has 0 heteroatoms. The van der Waals surface area contributed by atoms with E-state index in [0.717, 1.165) is 6.42 Å². The van der Waals surface area contributed by atoms with E-state index in [1.165, 1.54) is 16.7 Å². The molecule has 21 heavy (non-hydrogen) atoms. The molecule has 0 N–H and O–H groups in total. The Hall–Kier alpha value is -1.30. The fraction of sp³-hybridized carbons (Fsp3) is 0.524. The average Bonchev–Trinajstić information content (AvgIpc) is 2.32. The molecule has 1 aromatic rings. The first-order valence-corrected chi connectivity index (χ1v) is 7.84. The molecule has 122 valence electrons. The zero-order valence-corrected chi connectivity index (χ0v) is 16.0. The monoisotopic (exact) mass is 290 g/mol. The van der Waals surface area contributed by atoms with Crippen LogP contribution in [-0.2, 0) is 6.42 Å². The third-order valence-corrected chi connectivity index (χ3v) is 1.50. The second-order valence-corrected chi connectivity index (χ2v) is 6.69. The molecular formula is C21H38. The molecule has 0 saturated heterocycles. The number of hydrogen-bond acceptors (Lipinski definition) is 0. The van der Waals surface area contributed by atoms with Crippen LogP contribution in [0.2, 0.25) is 0 Å². The minimum Gasteiger partial charge on any atom is -0.103 e. The maximum atomic E-state index is 3.68. The van der Waals surface area contributed by atoms with Gasteiger partial charge in [-0.05, 0) is 38.2 Å². The van der Waals surface area contributed by atoms with Gasteiger partial charge in [-0.1, -0.05) is 83.0 Å². The van der Waals surface area contributed by atoms with Crippen LogP contribution >= 0.6 is 0 Å². The van der Waals surface area contributed by atoms with Gasteiger partial charge in [0.1, 0.15) is 0 Å². The highest BCUT2D eigenvalue weighted by Crippen LogP contribution is 2.08. The summed E-state index contributed by atoms with van der Waals surface area (Å²) in [6, 6.07) is 8.52. The summed E-state index contributed by atoms with van der Waals surface area (Å²) in [6.07, 6.45) is 2.89. The van der Waals surface area contributed by atoms with Gasteiger partial charge >= 0.3 is 0 Å². The number of benzene rings is 1. The van der Waals surface area contributed by atoms with Gasteiger partial charge < -0.3 is 0 Å². The van der Waals surface area contributed by atoms with Crippen molar-refractivity contribution in [2.24, 2.45) is 5.41 Å². The molecule has 0 aromatic heterocycles. The van der Waals surface area contributed by atoms with Crippen molar-refractivity contribution in [2.75, 3.05) is 0 Å². The van der Waals surface area contributed by atoms with Gasteiger partial charge in [0.05, 0.1) is 0 Å². The van der Waals surface area contributed by atoms with Gasteiger partial charge in [-0.25, -0.2) is 0 Å². The normalized spacial score (nSPS) is 8.81. The van der Waals surface area contributed by atoms with Gasteiger partial charge in [0.2, 0.25) is 0 Å². The van der Waals surface area contributed by atoms with Crippen molar-refractivity contribution in [3.8, 4) is 0 Å². The zero-order chi connectivity index (χ0) is 17.5. The topological polar surface area (TPSA) is 0 Å². The summed E-state index contributed by atoms with van der Waals surface area (Å²) in [5.74, 6) is 0. The Labute approximate surface area is 135 Å². The van der Waals surface area contributed by atoms with E-state index in [1.807, 2.05) is 33.8 Å². The third-order valence-electron chi connectivity index (χ3n) is 1.50. The molecule has 0 unspecified atom stereocenters. The first kappa shape index (κ1) is 24.7. The Morgan fingerprint density at radius 2 is 1.29 bits per heavy atom. The molecule has 0 amide bonds. The Morgan fingerprint density at radius 1 is 1.00 bits per heavy atom. The van der Waals surface area contributed by atoms with E-state index in [9.17, 15) is 0 Å². The molecule has 0 radical (unpaired) electrons. The van der Waals surface area contributed by atoms with E-state index in [-0.39, 0.29) is 0 Å². The van der Waals surface area contributed by atoms with Crippen molar-refractivity contribution in [1.82, 2.24) is 0 Å². The van der Waals surface area contributed by atoms with E-state index in [0.29, 0.717) is 5.41 Å². The third kappa shape index (κ3) is 38.1. The Kier molecular flexibility index (Phi) is 17.8. The van der Waals surface area contributed by atoms with Gasteiger partial charge in [0, 0.05) is 0 Å². The van der Waals surface area contributed by atoms with Crippen LogP contribution < -0.4 is 0 Å². The first-order chi connectivity index (χ1) is 9.56. The predicted molar refractivity (Wildman–Crippen MR) is 102 cm³/mol. The molecule has 0 saturated carbocycles. The molecule has 1 aromatic carbocycles. The summed E-state index contributed by atoms with van der Waals surface area (Å²) in [4.78, 5) is 0. The number of allylic oxidation sites excluding steroid dienone is 2. The molecule has 0 aliphatic heterocycles. The summed E-state index contributed by atoms with van der Waals surface area (Å²) < 4.78 is 0. The summed E-state index contributed by atoms with van der Waals surface area (Å²) in [5.41, 5.74) is 4.31. The highest BCUT2D eigenvalue weighted by Gasteiger charge is 1.95. The maximum absolute atomic E-state index is 3.68. The predicted octanol–water partition coefficient (Wildman–Crippen LogP) is 7.38. The standard InChI is InChI=1S/C10H12.C5H12.C4H8.C2H6/c1-3-4-10-7-5-9(2)6-8-10;1-5(2,3)4;1-4(2)3;1-2/h3,5-8H,1,4H2,2H3;1-4H3;1H2,2-3H3;1-2H3. The molecular weight excluding hydrogens is 252 g/mol. The fourth-order valence-electron chi connectivity index (χ4n) is 0.891. The van der Waals surface area contributed by atoms with E-state index in [1.54, 1.807) is 0 Å². The molecule has 0 bridgehead atoms. The second-order valence-electron chi connectivity index (χ2n) is 6.69.